The van der Waals surface area contributed by atoms with Crippen LogP contribution >= 0.6 is 11.6 Å². The van der Waals surface area contributed by atoms with Crippen molar-refractivity contribution < 1.29 is 37.9 Å². The molecule has 0 saturated carbocycles. The SMILES string of the molecule is O=C(ON1OCCO1)C(c1ccc(F)c(F)c1)N1ON/C(=C/c2c[nH]c3cc(Cl)ccc23)O1. The Hall–Kier alpha value is -3.26. The molecule has 2 aliphatic rings. The lowest BCUT2D eigenvalue weighted by molar-refractivity contribution is -0.464. The standard InChI is InChI=1S/C20H15ClF2N4O6/c21-13-2-3-14-12(10-24-17(14)9-13)8-18-25-33-26(31-18)19(11-1-4-15(22)16(23)7-11)20(28)32-27-29-5-6-30-27/h1-4,7-10,19,24-25H,5-6H2/b18-8-. The number of hydrogen-bond acceptors (Lipinski definition) is 9. The van der Waals surface area contributed by atoms with Gasteiger partial charge in [0.2, 0.25) is 11.9 Å². The molecule has 2 aliphatic heterocycles. The molecule has 0 bridgehead atoms. The summed E-state index contributed by atoms with van der Waals surface area (Å²) >= 11 is 6.01. The first-order valence-electron chi connectivity index (χ1n) is 9.59. The zero-order valence-corrected chi connectivity index (χ0v) is 17.3. The molecule has 0 radical (unpaired) electrons. The number of hydrogen-bond donors (Lipinski definition) is 2. The molecule has 1 unspecified atom stereocenters. The van der Waals surface area contributed by atoms with Gasteiger partial charge < -0.3 is 14.7 Å². The van der Waals surface area contributed by atoms with Crippen LogP contribution in [0.3, 0.4) is 0 Å². The van der Waals surface area contributed by atoms with E-state index in [9.17, 15) is 13.6 Å². The number of hydroxylamine groups is 3. The van der Waals surface area contributed by atoms with E-state index in [0.717, 1.165) is 33.8 Å². The monoisotopic (exact) mass is 480 g/mol. The summed E-state index contributed by atoms with van der Waals surface area (Å²) in [5.41, 5.74) is 4.05. The Morgan fingerprint density at radius 3 is 2.76 bits per heavy atom. The lowest BCUT2D eigenvalue weighted by atomic mass is 10.1. The fourth-order valence-electron chi connectivity index (χ4n) is 3.23. The summed E-state index contributed by atoms with van der Waals surface area (Å²) < 4.78 is 27.3. The van der Waals surface area contributed by atoms with E-state index in [1.807, 2.05) is 6.07 Å². The van der Waals surface area contributed by atoms with Crippen LogP contribution in [0, 0.1) is 11.6 Å². The molecule has 2 saturated heterocycles. The van der Waals surface area contributed by atoms with E-state index in [2.05, 4.69) is 10.5 Å². The van der Waals surface area contributed by atoms with Crippen molar-refractivity contribution in [3.63, 3.8) is 0 Å². The average Bonchev–Trinajstić information content (AvgIpc) is 3.54. The van der Waals surface area contributed by atoms with Gasteiger partial charge in [0.1, 0.15) is 18.6 Å². The summed E-state index contributed by atoms with van der Waals surface area (Å²) in [5, 5.41) is 2.69. The summed E-state index contributed by atoms with van der Waals surface area (Å²) in [4.78, 5) is 41.6. The second-order valence-corrected chi connectivity index (χ2v) is 7.33. The van der Waals surface area contributed by atoms with Crippen molar-refractivity contribution in [1.82, 2.24) is 21.1 Å². The number of carbonyl (C=O) groups excluding carboxylic acids is 1. The van der Waals surface area contributed by atoms with Crippen LogP contribution in [-0.4, -0.2) is 34.8 Å². The molecule has 2 fully saturated rings. The van der Waals surface area contributed by atoms with Gasteiger partial charge in [-0.2, -0.15) is 0 Å². The predicted molar refractivity (Wildman–Crippen MR) is 107 cm³/mol. The van der Waals surface area contributed by atoms with Gasteiger partial charge >= 0.3 is 5.97 Å². The van der Waals surface area contributed by atoms with Crippen LogP contribution in [-0.2, 0) is 29.1 Å². The van der Waals surface area contributed by atoms with Crippen molar-refractivity contribution in [2.24, 2.45) is 0 Å². The molecule has 3 aromatic rings. The van der Waals surface area contributed by atoms with E-state index < -0.39 is 23.6 Å². The molecule has 13 heteroatoms. The van der Waals surface area contributed by atoms with E-state index in [1.54, 1.807) is 24.4 Å². The number of nitrogens with one attached hydrogen (secondary N) is 2. The van der Waals surface area contributed by atoms with E-state index in [0.29, 0.717) is 10.4 Å². The van der Waals surface area contributed by atoms with Gasteiger partial charge in [-0.05, 0) is 29.8 Å². The quantitative estimate of drug-likeness (QED) is 0.569. The molecule has 0 aliphatic carbocycles. The molecule has 5 rings (SSSR count). The number of carbonyl (C=O) groups is 1. The van der Waals surface area contributed by atoms with Crippen molar-refractivity contribution in [3.8, 4) is 0 Å². The van der Waals surface area contributed by atoms with Crippen LogP contribution in [0.2, 0.25) is 5.02 Å². The van der Waals surface area contributed by atoms with Gasteiger partial charge in [0, 0.05) is 39.0 Å². The molecular formula is C20H15ClF2N4O6. The lowest BCUT2D eigenvalue weighted by Crippen LogP contribution is -2.35. The van der Waals surface area contributed by atoms with E-state index in [4.69, 9.17) is 35.9 Å². The number of aromatic nitrogens is 1. The lowest BCUT2D eigenvalue weighted by Gasteiger charge is -2.22. The van der Waals surface area contributed by atoms with Crippen LogP contribution in [0.1, 0.15) is 17.2 Å². The van der Waals surface area contributed by atoms with E-state index >= 15 is 0 Å². The van der Waals surface area contributed by atoms with E-state index in [1.165, 1.54) is 6.07 Å². The number of H-pyrrole nitrogens is 1. The summed E-state index contributed by atoms with van der Waals surface area (Å²) in [7, 11) is 0. The van der Waals surface area contributed by atoms with Crippen LogP contribution in [0.25, 0.3) is 17.0 Å². The minimum Gasteiger partial charge on any atom is -0.361 e. The van der Waals surface area contributed by atoms with Gasteiger partial charge in [0.25, 0.3) is 0 Å². The zero-order chi connectivity index (χ0) is 22.9. The third-order valence-electron chi connectivity index (χ3n) is 4.72. The van der Waals surface area contributed by atoms with Crippen LogP contribution in [0.5, 0.6) is 0 Å². The topological polar surface area (TPSA) is 97.5 Å². The Balaban J connectivity index is 1.40. The van der Waals surface area contributed by atoms with Crippen molar-refractivity contribution in [1.29, 1.82) is 0 Å². The van der Waals surface area contributed by atoms with Gasteiger partial charge in [-0.1, -0.05) is 23.7 Å². The Labute approximate surface area is 189 Å². The molecule has 1 aromatic heterocycles. The maximum atomic E-state index is 13.9. The van der Waals surface area contributed by atoms with Crippen molar-refractivity contribution in [2.75, 3.05) is 13.2 Å². The fraction of sp³-hybridized carbons (Fsp3) is 0.150. The van der Waals surface area contributed by atoms with Crippen LogP contribution in [0.15, 0.2) is 48.5 Å². The maximum absolute atomic E-state index is 13.9. The van der Waals surface area contributed by atoms with Gasteiger partial charge in [-0.3, -0.25) is 0 Å². The first-order chi connectivity index (χ1) is 16.0. The highest BCUT2D eigenvalue weighted by Gasteiger charge is 2.39. The second kappa shape index (κ2) is 8.94. The molecular weight excluding hydrogens is 466 g/mol. The normalized spacial score (nSPS) is 19.1. The summed E-state index contributed by atoms with van der Waals surface area (Å²) in [6.07, 6.45) is 3.33. The molecule has 2 aromatic carbocycles. The number of benzene rings is 2. The molecule has 3 heterocycles. The smallest absolute Gasteiger partial charge is 0.358 e. The molecule has 0 spiro atoms. The van der Waals surface area contributed by atoms with Crippen molar-refractivity contribution in [2.45, 2.75) is 6.04 Å². The second-order valence-electron chi connectivity index (χ2n) is 6.89. The number of aromatic amines is 1. The van der Waals surface area contributed by atoms with Gasteiger partial charge in [-0.15, -0.1) is 4.94 Å². The van der Waals surface area contributed by atoms with Crippen LogP contribution < -0.4 is 5.48 Å². The molecule has 1 atom stereocenters. The first kappa shape index (κ1) is 21.6. The highest BCUT2D eigenvalue weighted by molar-refractivity contribution is 6.31. The molecule has 2 N–H and O–H groups in total. The van der Waals surface area contributed by atoms with E-state index in [-0.39, 0.29) is 24.7 Å². The Morgan fingerprint density at radius 2 is 1.97 bits per heavy atom. The Kier molecular flexibility index (Phi) is 5.85. The first-order valence-corrected chi connectivity index (χ1v) is 9.97. The van der Waals surface area contributed by atoms with Gasteiger partial charge in [0.05, 0.1) is 0 Å². The van der Waals surface area contributed by atoms with Gasteiger partial charge in [0.15, 0.2) is 11.6 Å². The summed E-state index contributed by atoms with van der Waals surface area (Å²) in [5.74, 6) is -3.15. The van der Waals surface area contributed by atoms with Gasteiger partial charge in [-0.25, -0.2) is 28.7 Å². The Morgan fingerprint density at radius 1 is 1.15 bits per heavy atom. The number of nitrogens with zero attached hydrogens (tertiary/aromatic N) is 2. The third kappa shape index (κ3) is 4.48. The molecule has 0 amide bonds. The summed E-state index contributed by atoms with van der Waals surface area (Å²) in [6, 6.07) is 6.73. The van der Waals surface area contributed by atoms with Crippen LogP contribution in [0.4, 0.5) is 8.78 Å². The molecule has 10 nitrogen and oxygen atoms in total. The molecule has 172 valence electrons. The summed E-state index contributed by atoms with van der Waals surface area (Å²) in [6.45, 7) is 0.341. The number of rotatable bonds is 5. The highest BCUT2D eigenvalue weighted by Crippen LogP contribution is 2.30. The minimum absolute atomic E-state index is 0.0112. The predicted octanol–water partition coefficient (Wildman–Crippen LogP) is 3.46. The zero-order valence-electron chi connectivity index (χ0n) is 16.6. The van der Waals surface area contributed by atoms with Crippen molar-refractivity contribution in [3.05, 3.63) is 76.3 Å². The fourth-order valence-corrected chi connectivity index (χ4v) is 3.40. The Bertz CT molecular complexity index is 1230. The number of halogens is 3. The number of fused-ring (bicyclic) bond motifs is 1. The molecule has 33 heavy (non-hydrogen) atoms. The largest absolute Gasteiger partial charge is 0.361 e. The highest BCUT2D eigenvalue weighted by atomic mass is 35.5. The van der Waals surface area contributed by atoms with Crippen molar-refractivity contribution >= 4 is 34.5 Å². The maximum Gasteiger partial charge on any atom is 0.358 e. The third-order valence-corrected chi connectivity index (χ3v) is 4.96. The average molecular weight is 481 g/mol. The minimum atomic E-state index is -1.48.